The molecule has 23 heavy (non-hydrogen) atoms. The van der Waals surface area contributed by atoms with Crippen LogP contribution >= 0.6 is 11.6 Å². The lowest BCUT2D eigenvalue weighted by atomic mass is 9.79. The van der Waals surface area contributed by atoms with E-state index in [1.807, 2.05) is 6.08 Å². The summed E-state index contributed by atoms with van der Waals surface area (Å²) in [6.07, 6.45) is 3.11. The minimum Gasteiger partial charge on any atom is -0.403 e. The minimum atomic E-state index is -4.88. The van der Waals surface area contributed by atoms with E-state index in [2.05, 4.69) is 4.74 Å². The van der Waals surface area contributed by atoms with Crippen molar-refractivity contribution >= 4 is 11.6 Å². The van der Waals surface area contributed by atoms with Gasteiger partial charge in [-0.05, 0) is 68.1 Å². The number of allylic oxidation sites excluding steroid dienone is 1. The van der Waals surface area contributed by atoms with Crippen LogP contribution in [0.2, 0.25) is 0 Å². The summed E-state index contributed by atoms with van der Waals surface area (Å²) in [5.74, 6) is -0.644. The Kier molecular flexibility index (Phi) is 6.33. The van der Waals surface area contributed by atoms with E-state index in [4.69, 9.17) is 11.6 Å². The van der Waals surface area contributed by atoms with E-state index in [1.165, 1.54) is 6.07 Å². The van der Waals surface area contributed by atoms with Crippen LogP contribution in [0.3, 0.4) is 0 Å². The third-order valence-corrected chi connectivity index (χ3v) is 4.45. The van der Waals surface area contributed by atoms with Crippen LogP contribution in [-0.4, -0.2) is 6.36 Å². The molecule has 1 aliphatic rings. The van der Waals surface area contributed by atoms with E-state index in [1.54, 1.807) is 5.54 Å². The van der Waals surface area contributed by atoms with Gasteiger partial charge >= 0.3 is 6.36 Å². The van der Waals surface area contributed by atoms with E-state index in [-0.39, 0.29) is 0 Å². The Hall–Kier alpha value is -1.23. The molecule has 0 amide bonds. The molecule has 1 aromatic rings. The predicted molar refractivity (Wildman–Crippen MR) is 81.8 cm³/mol. The van der Waals surface area contributed by atoms with Gasteiger partial charge in [-0.3, -0.25) is 0 Å². The van der Waals surface area contributed by atoms with Gasteiger partial charge in [0.2, 0.25) is 0 Å². The number of hydrogen-bond acceptors (Lipinski definition) is 1. The third-order valence-electron chi connectivity index (χ3n) is 4.30. The molecule has 0 atom stereocenters. The molecule has 1 aliphatic carbocycles. The summed E-state index contributed by atoms with van der Waals surface area (Å²) < 4.78 is 53.6. The van der Waals surface area contributed by atoms with Crippen LogP contribution in [-0.2, 0) is 6.42 Å². The standard InChI is InChI=1S/C17H19ClF4O/c18-10-9-13-3-1-12(2-4-13)5-6-14-7-8-16(15(19)11-14)23-17(20,21)22/h7-13H,1-6H2. The van der Waals surface area contributed by atoms with Gasteiger partial charge in [-0.15, -0.1) is 13.2 Å². The molecule has 0 aliphatic heterocycles. The maximum atomic E-state index is 13.6. The van der Waals surface area contributed by atoms with E-state index in [0.717, 1.165) is 44.2 Å². The second-order valence-corrected chi connectivity index (χ2v) is 6.20. The number of benzene rings is 1. The molecule has 0 N–H and O–H groups in total. The molecule has 1 fully saturated rings. The van der Waals surface area contributed by atoms with Crippen molar-refractivity contribution < 1.29 is 22.3 Å². The summed E-state index contributed by atoms with van der Waals surface area (Å²) in [5.41, 5.74) is 2.26. The molecule has 0 bridgehead atoms. The summed E-state index contributed by atoms with van der Waals surface area (Å²) in [7, 11) is 0. The quantitative estimate of drug-likeness (QED) is 0.573. The highest BCUT2D eigenvalue weighted by Gasteiger charge is 2.32. The second kappa shape index (κ2) is 8.04. The molecule has 0 saturated heterocycles. The Labute approximate surface area is 138 Å². The number of ether oxygens (including phenoxy) is 1. The maximum absolute atomic E-state index is 13.6. The average molecular weight is 351 g/mol. The lowest BCUT2D eigenvalue weighted by Gasteiger charge is -2.26. The Morgan fingerprint density at radius 3 is 2.43 bits per heavy atom. The van der Waals surface area contributed by atoms with E-state index in [9.17, 15) is 17.6 Å². The number of aryl methyl sites for hydroxylation is 1. The maximum Gasteiger partial charge on any atom is 0.573 e. The van der Waals surface area contributed by atoms with Gasteiger partial charge in [0.1, 0.15) is 0 Å². The van der Waals surface area contributed by atoms with Crippen LogP contribution in [0, 0.1) is 17.7 Å². The number of hydrogen-bond donors (Lipinski definition) is 0. The summed E-state index contributed by atoms with van der Waals surface area (Å²) in [6, 6.07) is 3.66. The highest BCUT2D eigenvalue weighted by molar-refractivity contribution is 6.25. The minimum absolute atomic E-state index is 0.542. The zero-order chi connectivity index (χ0) is 16.9. The van der Waals surface area contributed by atoms with E-state index in [0.29, 0.717) is 23.8 Å². The van der Waals surface area contributed by atoms with Gasteiger partial charge in [0.25, 0.3) is 0 Å². The summed E-state index contributed by atoms with van der Waals surface area (Å²) in [4.78, 5) is 0. The first kappa shape index (κ1) is 18.1. The highest BCUT2D eigenvalue weighted by Crippen LogP contribution is 2.33. The third kappa shape index (κ3) is 6.05. The van der Waals surface area contributed by atoms with Gasteiger partial charge in [-0.25, -0.2) is 4.39 Å². The Morgan fingerprint density at radius 2 is 1.87 bits per heavy atom. The van der Waals surface area contributed by atoms with Crippen LogP contribution in [0.15, 0.2) is 29.8 Å². The highest BCUT2D eigenvalue weighted by atomic mass is 35.5. The average Bonchev–Trinajstić information content (AvgIpc) is 2.48. The fourth-order valence-corrected chi connectivity index (χ4v) is 3.26. The van der Waals surface area contributed by atoms with Gasteiger partial charge in [-0.2, -0.15) is 0 Å². The molecule has 1 aromatic carbocycles. The van der Waals surface area contributed by atoms with Gasteiger partial charge in [0.15, 0.2) is 11.6 Å². The Bertz CT molecular complexity index is 534. The summed E-state index contributed by atoms with van der Waals surface area (Å²) >= 11 is 5.58. The number of halogens is 5. The Balaban J connectivity index is 1.84. The molecule has 0 spiro atoms. The second-order valence-electron chi connectivity index (χ2n) is 5.95. The van der Waals surface area contributed by atoms with Crippen LogP contribution in [0.5, 0.6) is 5.75 Å². The summed E-state index contributed by atoms with van der Waals surface area (Å²) in [6.45, 7) is 0. The van der Waals surface area contributed by atoms with Gasteiger partial charge in [-0.1, -0.05) is 23.7 Å². The molecule has 128 valence electrons. The van der Waals surface area contributed by atoms with E-state index >= 15 is 0 Å². The monoisotopic (exact) mass is 350 g/mol. The molecular weight excluding hydrogens is 332 g/mol. The molecule has 0 unspecified atom stereocenters. The van der Waals surface area contributed by atoms with Crippen molar-refractivity contribution in [2.24, 2.45) is 11.8 Å². The molecule has 1 nitrogen and oxygen atoms in total. The summed E-state index contributed by atoms with van der Waals surface area (Å²) in [5, 5.41) is 0. The number of alkyl halides is 3. The van der Waals surface area contributed by atoms with Crippen molar-refractivity contribution in [2.45, 2.75) is 44.9 Å². The first-order valence-electron chi connectivity index (χ1n) is 7.68. The SMILES string of the molecule is Fc1cc(CCC2CCC(C=CCl)CC2)ccc1OC(F)(F)F. The molecule has 2 rings (SSSR count). The zero-order valence-corrected chi connectivity index (χ0v) is 13.3. The topological polar surface area (TPSA) is 9.23 Å². The van der Waals surface area contributed by atoms with Crippen LogP contribution in [0.25, 0.3) is 0 Å². The molecule has 6 heteroatoms. The lowest BCUT2D eigenvalue weighted by Crippen LogP contribution is -2.18. The van der Waals surface area contributed by atoms with Crippen molar-refractivity contribution in [3.8, 4) is 5.75 Å². The molecule has 0 heterocycles. The molecular formula is C17H19ClF4O. The van der Waals surface area contributed by atoms with Crippen molar-refractivity contribution in [2.75, 3.05) is 0 Å². The van der Waals surface area contributed by atoms with Crippen molar-refractivity contribution in [3.05, 3.63) is 41.2 Å². The van der Waals surface area contributed by atoms with Crippen LogP contribution < -0.4 is 4.74 Å². The van der Waals surface area contributed by atoms with E-state index < -0.39 is 17.9 Å². The van der Waals surface area contributed by atoms with Crippen molar-refractivity contribution in [1.29, 1.82) is 0 Å². The molecule has 0 aromatic heterocycles. The number of rotatable bonds is 5. The first-order valence-corrected chi connectivity index (χ1v) is 8.12. The lowest BCUT2D eigenvalue weighted by molar-refractivity contribution is -0.275. The van der Waals surface area contributed by atoms with Crippen molar-refractivity contribution in [1.82, 2.24) is 0 Å². The van der Waals surface area contributed by atoms with Gasteiger partial charge < -0.3 is 4.74 Å². The molecule has 1 saturated carbocycles. The first-order chi connectivity index (χ1) is 10.9. The fourth-order valence-electron chi connectivity index (χ4n) is 3.05. The zero-order valence-electron chi connectivity index (χ0n) is 12.6. The normalized spacial score (nSPS) is 22.5. The fraction of sp³-hybridized carbons (Fsp3) is 0.529. The van der Waals surface area contributed by atoms with Gasteiger partial charge in [0.05, 0.1) is 0 Å². The van der Waals surface area contributed by atoms with Gasteiger partial charge in [0, 0.05) is 5.54 Å². The predicted octanol–water partition coefficient (Wildman–Crippen LogP) is 6.22. The Morgan fingerprint density at radius 1 is 1.17 bits per heavy atom. The van der Waals surface area contributed by atoms with Crippen LogP contribution in [0.4, 0.5) is 17.6 Å². The van der Waals surface area contributed by atoms with Crippen LogP contribution in [0.1, 0.15) is 37.7 Å². The molecule has 0 radical (unpaired) electrons. The smallest absolute Gasteiger partial charge is 0.403 e. The van der Waals surface area contributed by atoms with Crippen molar-refractivity contribution in [3.63, 3.8) is 0 Å². The largest absolute Gasteiger partial charge is 0.573 e.